The van der Waals surface area contributed by atoms with Crippen LogP contribution >= 0.6 is 12.2 Å². The molecule has 0 spiro atoms. The highest BCUT2D eigenvalue weighted by molar-refractivity contribution is 7.80. The van der Waals surface area contributed by atoms with Crippen molar-refractivity contribution in [1.29, 1.82) is 0 Å². The van der Waals surface area contributed by atoms with Gasteiger partial charge in [-0.3, -0.25) is 5.32 Å². The van der Waals surface area contributed by atoms with Gasteiger partial charge in [-0.25, -0.2) is 4.79 Å². The molecule has 0 saturated heterocycles. The summed E-state index contributed by atoms with van der Waals surface area (Å²) in [5.41, 5.74) is 0.859. The first-order chi connectivity index (χ1) is 9.74. The molecule has 2 amide bonds. The average molecular weight is 292 g/mol. The Labute approximate surface area is 127 Å². The Morgan fingerprint density at radius 1 is 1.05 bits per heavy atom. The Hall–Kier alpha value is -1.42. The summed E-state index contributed by atoms with van der Waals surface area (Å²) < 4.78 is 0. The van der Waals surface area contributed by atoms with Crippen molar-refractivity contribution in [2.75, 3.05) is 6.54 Å². The number of nitrogens with one attached hydrogen (secondary N) is 2. The number of thiocarbonyl (C=S) groups is 1. The lowest BCUT2D eigenvalue weighted by atomic mass is 10.1. The molecule has 0 aromatic heterocycles. The summed E-state index contributed by atoms with van der Waals surface area (Å²) in [5, 5.41) is 5.53. The Kier molecular flexibility index (Phi) is 8.63. The minimum absolute atomic E-state index is 0.215. The van der Waals surface area contributed by atoms with Crippen molar-refractivity contribution in [3.8, 4) is 0 Å². The van der Waals surface area contributed by atoms with Crippen molar-refractivity contribution in [1.82, 2.24) is 10.6 Å². The molecule has 1 rings (SSSR count). The monoisotopic (exact) mass is 292 g/mol. The Morgan fingerprint density at radius 2 is 1.70 bits per heavy atom. The molecule has 3 nitrogen and oxygen atoms in total. The van der Waals surface area contributed by atoms with Gasteiger partial charge in [0.05, 0.1) is 0 Å². The quantitative estimate of drug-likeness (QED) is 0.561. The van der Waals surface area contributed by atoms with Crippen molar-refractivity contribution in [2.45, 2.75) is 45.4 Å². The number of carbonyl (C=O) groups excluding carboxylic acids is 1. The summed E-state index contributed by atoms with van der Waals surface area (Å²) in [6.07, 6.45) is 7.30. The van der Waals surface area contributed by atoms with Crippen molar-refractivity contribution >= 4 is 23.2 Å². The Balaban J connectivity index is 2.10. The van der Waals surface area contributed by atoms with Gasteiger partial charge in [0.1, 0.15) is 4.99 Å². The normalized spacial score (nSPS) is 10.1. The molecule has 2 N–H and O–H groups in total. The number of hydrogen-bond acceptors (Lipinski definition) is 2. The van der Waals surface area contributed by atoms with Crippen LogP contribution in [0.1, 0.15) is 51.0 Å². The summed E-state index contributed by atoms with van der Waals surface area (Å²) >= 11 is 5.17. The van der Waals surface area contributed by atoms with Crippen LogP contribution in [0.3, 0.4) is 0 Å². The molecular formula is C16H24N2OS. The molecule has 0 aliphatic carbocycles. The van der Waals surface area contributed by atoms with Gasteiger partial charge >= 0.3 is 6.03 Å². The summed E-state index contributed by atoms with van der Waals surface area (Å²) in [4.78, 5) is 12.1. The van der Waals surface area contributed by atoms with Crippen LogP contribution in [0.25, 0.3) is 0 Å². The van der Waals surface area contributed by atoms with E-state index < -0.39 is 0 Å². The zero-order valence-electron chi connectivity index (χ0n) is 12.2. The molecule has 4 heteroatoms. The fourth-order valence-electron chi connectivity index (χ4n) is 1.92. The van der Waals surface area contributed by atoms with Gasteiger partial charge in [-0.05, 0) is 6.42 Å². The first-order valence-electron chi connectivity index (χ1n) is 7.38. The van der Waals surface area contributed by atoms with Crippen LogP contribution in [0, 0.1) is 0 Å². The summed E-state index contributed by atoms with van der Waals surface area (Å²) in [6, 6.07) is 9.28. The van der Waals surface area contributed by atoms with E-state index in [0.29, 0.717) is 11.5 Å². The molecule has 0 saturated carbocycles. The fraction of sp³-hybridized carbons (Fsp3) is 0.500. The lowest BCUT2D eigenvalue weighted by Gasteiger charge is -2.08. The number of unbranched alkanes of at least 4 members (excludes halogenated alkanes) is 5. The maximum absolute atomic E-state index is 11.7. The summed E-state index contributed by atoms with van der Waals surface area (Å²) in [6.45, 7) is 2.91. The van der Waals surface area contributed by atoms with E-state index in [1.165, 1.54) is 32.1 Å². The number of urea groups is 1. The molecule has 0 fully saturated rings. The Bertz CT molecular complexity index is 406. The van der Waals surface area contributed by atoms with E-state index in [-0.39, 0.29) is 6.03 Å². The molecule has 0 aliphatic heterocycles. The van der Waals surface area contributed by atoms with Gasteiger partial charge in [0, 0.05) is 12.1 Å². The maximum atomic E-state index is 11.7. The number of rotatable bonds is 8. The second-order valence-electron chi connectivity index (χ2n) is 4.84. The molecule has 0 radical (unpaired) electrons. The zero-order chi connectivity index (χ0) is 14.6. The van der Waals surface area contributed by atoms with Crippen molar-refractivity contribution in [2.24, 2.45) is 0 Å². The number of amides is 2. The summed E-state index contributed by atoms with van der Waals surface area (Å²) in [5.74, 6) is 0. The zero-order valence-corrected chi connectivity index (χ0v) is 13.0. The molecule has 0 unspecified atom stereocenters. The fourth-order valence-corrected chi connectivity index (χ4v) is 2.15. The predicted octanol–water partition coefficient (Wildman–Crippen LogP) is 4.02. The SMILES string of the molecule is CCCCCCCCNC(=O)NC(=S)c1ccccc1. The number of benzene rings is 1. The standard InChI is InChI=1S/C16H24N2OS/c1-2-3-4-5-6-10-13-17-16(19)18-15(20)14-11-8-7-9-12-14/h7-9,11-12H,2-6,10,13H2,1H3,(H2,17,18,19,20). The van der Waals surface area contributed by atoms with Gasteiger partial charge in [-0.15, -0.1) is 0 Å². The van der Waals surface area contributed by atoms with Gasteiger partial charge in [-0.2, -0.15) is 0 Å². The van der Waals surface area contributed by atoms with E-state index in [4.69, 9.17) is 12.2 Å². The molecule has 0 heterocycles. The molecule has 1 aromatic carbocycles. The molecular weight excluding hydrogens is 268 g/mol. The Morgan fingerprint density at radius 3 is 2.40 bits per heavy atom. The first kappa shape index (κ1) is 16.6. The molecule has 0 aliphatic rings. The highest BCUT2D eigenvalue weighted by Gasteiger charge is 2.04. The van der Waals surface area contributed by atoms with E-state index in [1.807, 2.05) is 30.3 Å². The van der Waals surface area contributed by atoms with Gasteiger partial charge < -0.3 is 5.32 Å². The number of carbonyl (C=O) groups is 1. The van der Waals surface area contributed by atoms with E-state index in [9.17, 15) is 4.79 Å². The minimum Gasteiger partial charge on any atom is -0.338 e. The van der Waals surface area contributed by atoms with Gasteiger partial charge in [0.25, 0.3) is 0 Å². The molecule has 0 bridgehead atoms. The molecule has 20 heavy (non-hydrogen) atoms. The summed E-state index contributed by atoms with van der Waals surface area (Å²) in [7, 11) is 0. The molecule has 1 aromatic rings. The molecule has 0 atom stereocenters. The van der Waals surface area contributed by atoms with Gasteiger partial charge in [0.2, 0.25) is 0 Å². The van der Waals surface area contributed by atoms with E-state index in [0.717, 1.165) is 12.0 Å². The van der Waals surface area contributed by atoms with Crippen molar-refractivity contribution < 1.29 is 4.79 Å². The first-order valence-corrected chi connectivity index (χ1v) is 7.79. The maximum Gasteiger partial charge on any atom is 0.319 e. The third-order valence-corrected chi connectivity index (χ3v) is 3.42. The average Bonchev–Trinajstić information content (AvgIpc) is 2.47. The van der Waals surface area contributed by atoms with Crippen molar-refractivity contribution in [3.63, 3.8) is 0 Å². The van der Waals surface area contributed by atoms with Crippen molar-refractivity contribution in [3.05, 3.63) is 35.9 Å². The van der Waals surface area contributed by atoms with E-state index in [2.05, 4.69) is 17.6 Å². The van der Waals surface area contributed by atoms with Crippen LogP contribution < -0.4 is 10.6 Å². The third-order valence-electron chi connectivity index (χ3n) is 3.08. The minimum atomic E-state index is -0.215. The van der Waals surface area contributed by atoms with Crippen LogP contribution in [0.15, 0.2) is 30.3 Å². The van der Waals surface area contributed by atoms with E-state index >= 15 is 0 Å². The lowest BCUT2D eigenvalue weighted by Crippen LogP contribution is -2.39. The van der Waals surface area contributed by atoms with Gasteiger partial charge in [-0.1, -0.05) is 81.6 Å². The van der Waals surface area contributed by atoms with Crippen LogP contribution in [-0.4, -0.2) is 17.6 Å². The second kappa shape index (κ2) is 10.4. The second-order valence-corrected chi connectivity index (χ2v) is 5.25. The number of hydrogen-bond donors (Lipinski definition) is 2. The van der Waals surface area contributed by atoms with Crippen LogP contribution in [0.5, 0.6) is 0 Å². The topological polar surface area (TPSA) is 41.1 Å². The van der Waals surface area contributed by atoms with Crippen LogP contribution in [0.4, 0.5) is 4.79 Å². The largest absolute Gasteiger partial charge is 0.338 e. The highest BCUT2D eigenvalue weighted by atomic mass is 32.1. The van der Waals surface area contributed by atoms with Gasteiger partial charge in [0.15, 0.2) is 0 Å². The lowest BCUT2D eigenvalue weighted by molar-refractivity contribution is 0.245. The highest BCUT2D eigenvalue weighted by Crippen LogP contribution is 2.04. The smallest absolute Gasteiger partial charge is 0.319 e. The third kappa shape index (κ3) is 7.24. The van der Waals surface area contributed by atoms with Crippen LogP contribution in [-0.2, 0) is 0 Å². The van der Waals surface area contributed by atoms with Crippen LogP contribution in [0.2, 0.25) is 0 Å². The molecule has 110 valence electrons. The van der Waals surface area contributed by atoms with E-state index in [1.54, 1.807) is 0 Å². The predicted molar refractivity (Wildman–Crippen MR) is 88.1 cm³/mol.